The Balaban J connectivity index is 0. The fraction of sp³-hybridized carbons (Fsp3) is 0.895. The van der Waals surface area contributed by atoms with E-state index in [4.69, 9.17) is 13.3 Å². The van der Waals surface area contributed by atoms with E-state index in [-0.39, 0.29) is 29.8 Å². The molecular formula is C19H42N2O5SSi. The Morgan fingerprint density at radius 1 is 1.00 bits per heavy atom. The van der Waals surface area contributed by atoms with E-state index in [1.54, 1.807) is 21.3 Å². The maximum atomic E-state index is 11.1. The van der Waals surface area contributed by atoms with E-state index in [1.165, 1.54) is 6.92 Å². The van der Waals surface area contributed by atoms with E-state index in [0.29, 0.717) is 0 Å². The summed E-state index contributed by atoms with van der Waals surface area (Å²) in [4.78, 5) is 21.9. The molecule has 28 heavy (non-hydrogen) atoms. The first kappa shape index (κ1) is 29.6. The fourth-order valence-electron chi connectivity index (χ4n) is 2.21. The molecule has 7 nitrogen and oxygen atoms in total. The van der Waals surface area contributed by atoms with Gasteiger partial charge in [-0.1, -0.05) is 13.8 Å². The summed E-state index contributed by atoms with van der Waals surface area (Å²) in [5.74, 6) is 2.27. The summed E-state index contributed by atoms with van der Waals surface area (Å²) in [7, 11) is 2.49. The number of hydrogen-bond donors (Lipinski definition) is 2. The van der Waals surface area contributed by atoms with Gasteiger partial charge in [-0.05, 0) is 39.4 Å². The molecule has 0 saturated heterocycles. The minimum absolute atomic E-state index is 0.0210. The van der Waals surface area contributed by atoms with Crippen molar-refractivity contribution < 1.29 is 22.9 Å². The number of rotatable bonds is 13. The van der Waals surface area contributed by atoms with Gasteiger partial charge in [-0.3, -0.25) is 9.59 Å². The lowest BCUT2D eigenvalue weighted by atomic mass is 10.1. The Labute approximate surface area is 177 Å². The second kappa shape index (κ2) is 17.3. The fourth-order valence-corrected chi connectivity index (χ4v) is 5.14. The van der Waals surface area contributed by atoms with Crippen LogP contribution in [0.1, 0.15) is 54.4 Å². The van der Waals surface area contributed by atoms with Crippen LogP contribution in [0.15, 0.2) is 0 Å². The summed E-state index contributed by atoms with van der Waals surface area (Å²) in [6.07, 6.45) is 1.90. The van der Waals surface area contributed by atoms with E-state index in [9.17, 15) is 9.59 Å². The summed E-state index contributed by atoms with van der Waals surface area (Å²) in [5, 5.41) is 5.71. The highest BCUT2D eigenvalue weighted by Gasteiger charge is 2.36. The number of carbonyl (C=O) groups excluding carboxylic acids is 2. The van der Waals surface area contributed by atoms with E-state index >= 15 is 0 Å². The molecule has 0 aromatic carbocycles. The van der Waals surface area contributed by atoms with Crippen molar-refractivity contribution in [3.63, 3.8) is 0 Å². The lowest BCUT2D eigenvalue weighted by Gasteiger charge is -2.24. The number of carbonyl (C=O) groups is 2. The molecule has 0 saturated carbocycles. The largest absolute Gasteiger partial charge is 0.500 e. The first-order valence-corrected chi connectivity index (χ1v) is 13.0. The molecule has 0 aromatic rings. The summed E-state index contributed by atoms with van der Waals surface area (Å²) in [6, 6.07) is 1.29. The lowest BCUT2D eigenvalue weighted by Crippen LogP contribution is -2.42. The van der Waals surface area contributed by atoms with Crippen molar-refractivity contribution >= 4 is 32.4 Å². The summed E-state index contributed by atoms with van der Waals surface area (Å²) >= 11 is 1.82. The minimum Gasteiger partial charge on any atom is -0.377 e. The maximum absolute atomic E-state index is 11.1. The molecule has 0 aliphatic carbocycles. The molecule has 2 atom stereocenters. The first-order chi connectivity index (χ1) is 13.1. The molecular weight excluding hydrogens is 396 g/mol. The van der Waals surface area contributed by atoms with E-state index in [1.807, 2.05) is 46.4 Å². The zero-order chi connectivity index (χ0) is 22.2. The second-order valence-corrected chi connectivity index (χ2v) is 11.3. The van der Waals surface area contributed by atoms with Crippen LogP contribution in [0.3, 0.4) is 0 Å². The van der Waals surface area contributed by atoms with Gasteiger partial charge in [-0.15, -0.1) is 0 Å². The normalized spacial score (nSPS) is 13.4. The smallest absolute Gasteiger partial charge is 0.377 e. The Hall–Kier alpha value is -0.613. The molecule has 2 amide bonds. The van der Waals surface area contributed by atoms with Crippen LogP contribution in [0.25, 0.3) is 0 Å². The molecule has 0 heterocycles. The van der Waals surface area contributed by atoms with Crippen molar-refractivity contribution in [2.45, 2.75) is 72.5 Å². The van der Waals surface area contributed by atoms with Gasteiger partial charge in [0, 0.05) is 58.1 Å². The molecule has 0 spiro atoms. The van der Waals surface area contributed by atoms with Crippen molar-refractivity contribution in [1.29, 1.82) is 0 Å². The van der Waals surface area contributed by atoms with Gasteiger partial charge >= 0.3 is 8.80 Å². The molecule has 0 aliphatic rings. The summed E-state index contributed by atoms with van der Waals surface area (Å²) < 4.78 is 16.0. The van der Waals surface area contributed by atoms with Crippen LogP contribution >= 0.6 is 11.8 Å². The van der Waals surface area contributed by atoms with Crippen LogP contribution in [-0.4, -0.2) is 65.5 Å². The van der Waals surface area contributed by atoms with Crippen molar-refractivity contribution in [1.82, 2.24) is 10.6 Å². The number of hydrogen-bond acceptors (Lipinski definition) is 6. The number of amides is 2. The third-order valence-electron chi connectivity index (χ3n) is 4.01. The molecule has 0 rings (SSSR count). The van der Waals surface area contributed by atoms with Gasteiger partial charge in [0.2, 0.25) is 11.8 Å². The molecule has 168 valence electrons. The average Bonchev–Trinajstić information content (AvgIpc) is 2.64. The highest BCUT2D eigenvalue weighted by atomic mass is 32.2. The third-order valence-corrected chi connectivity index (χ3v) is 8.16. The lowest BCUT2D eigenvalue weighted by molar-refractivity contribution is -0.125. The molecule has 2 N–H and O–H groups in total. The highest BCUT2D eigenvalue weighted by molar-refractivity contribution is 7.99. The third kappa shape index (κ3) is 15.3. The molecule has 9 heteroatoms. The van der Waals surface area contributed by atoms with Crippen molar-refractivity contribution in [3.8, 4) is 0 Å². The van der Waals surface area contributed by atoms with Gasteiger partial charge in [-0.2, -0.15) is 11.8 Å². The minimum atomic E-state index is -2.40. The van der Waals surface area contributed by atoms with Gasteiger partial charge in [0.25, 0.3) is 0 Å². The molecule has 2 unspecified atom stereocenters. The topological polar surface area (TPSA) is 85.9 Å². The van der Waals surface area contributed by atoms with Gasteiger partial charge in [0.1, 0.15) is 0 Å². The van der Waals surface area contributed by atoms with Crippen LogP contribution in [0.4, 0.5) is 0 Å². The molecule has 0 aliphatic heterocycles. The Kier molecular flexibility index (Phi) is 18.2. The molecule has 0 bridgehead atoms. The molecule has 0 aromatic heterocycles. The summed E-state index contributed by atoms with van der Waals surface area (Å²) in [5.41, 5.74) is 0. The predicted octanol–water partition coefficient (Wildman–Crippen LogP) is 3.07. The van der Waals surface area contributed by atoms with Crippen molar-refractivity contribution in [2.24, 2.45) is 5.92 Å². The monoisotopic (exact) mass is 438 g/mol. The Bertz CT molecular complexity index is 415. The van der Waals surface area contributed by atoms with E-state index in [2.05, 4.69) is 10.6 Å². The Morgan fingerprint density at radius 3 is 1.93 bits per heavy atom. The van der Waals surface area contributed by atoms with Crippen LogP contribution in [-0.2, 0) is 22.9 Å². The van der Waals surface area contributed by atoms with Crippen LogP contribution in [0, 0.1) is 5.92 Å². The van der Waals surface area contributed by atoms with Gasteiger partial charge in [0.05, 0.1) is 0 Å². The zero-order valence-corrected chi connectivity index (χ0v) is 21.0. The van der Waals surface area contributed by atoms with Gasteiger partial charge in [0.15, 0.2) is 0 Å². The molecule has 0 radical (unpaired) electrons. The number of thioether (sulfide) groups is 1. The maximum Gasteiger partial charge on any atom is 0.500 e. The van der Waals surface area contributed by atoms with E-state index < -0.39 is 8.80 Å². The zero-order valence-electron chi connectivity index (χ0n) is 19.2. The SMILES string of the molecule is CCC(C)C(=O)NC(C)C.CO[Si](CCCSCC(C)NC(C)=O)(OC)OC. The molecule has 0 fully saturated rings. The number of nitrogens with one attached hydrogen (secondary N) is 2. The average molecular weight is 439 g/mol. The standard InChI is InChI=1S/C11H25NO4SSi.C8H17NO/c1-10(12-11(2)13)9-17-7-6-8-18(14-3,15-4)16-5;1-5-7(4)8(10)9-6(2)3/h10H,6-9H2,1-5H3,(H,12,13);6-7H,5H2,1-4H3,(H,9,10). The van der Waals surface area contributed by atoms with Crippen molar-refractivity contribution in [2.75, 3.05) is 32.8 Å². The quantitative estimate of drug-likeness (QED) is 0.339. The Morgan fingerprint density at radius 2 is 1.54 bits per heavy atom. The predicted molar refractivity (Wildman–Crippen MR) is 120 cm³/mol. The van der Waals surface area contributed by atoms with Crippen molar-refractivity contribution in [3.05, 3.63) is 0 Å². The van der Waals surface area contributed by atoms with Crippen LogP contribution < -0.4 is 10.6 Å². The second-order valence-electron chi connectivity index (χ2n) is 7.05. The van der Waals surface area contributed by atoms with Gasteiger partial charge in [-0.25, -0.2) is 0 Å². The highest BCUT2D eigenvalue weighted by Crippen LogP contribution is 2.17. The van der Waals surface area contributed by atoms with Gasteiger partial charge < -0.3 is 23.9 Å². The van der Waals surface area contributed by atoms with Crippen LogP contribution in [0.2, 0.25) is 6.04 Å². The van der Waals surface area contributed by atoms with E-state index in [0.717, 1.165) is 30.4 Å². The summed E-state index contributed by atoms with van der Waals surface area (Å²) in [6.45, 7) is 11.5. The first-order valence-electron chi connectivity index (χ1n) is 9.88. The van der Waals surface area contributed by atoms with Crippen LogP contribution in [0.5, 0.6) is 0 Å².